The summed E-state index contributed by atoms with van der Waals surface area (Å²) >= 11 is 0. The third-order valence-electron chi connectivity index (χ3n) is 4.30. The highest BCUT2D eigenvalue weighted by Gasteiger charge is 2.30. The minimum atomic E-state index is 0.485. The molecule has 0 spiro atoms. The van der Waals surface area contributed by atoms with E-state index in [0.29, 0.717) is 5.41 Å². The van der Waals surface area contributed by atoms with E-state index in [1.165, 1.54) is 51.7 Å². The smallest absolute Gasteiger partial charge is 0.00470 e. The fourth-order valence-electron chi connectivity index (χ4n) is 2.69. The van der Waals surface area contributed by atoms with E-state index in [1.807, 2.05) is 0 Å². The molecule has 1 aliphatic carbocycles. The van der Waals surface area contributed by atoms with Crippen LogP contribution in [0.1, 0.15) is 52.9 Å². The first kappa shape index (κ1) is 15.0. The van der Waals surface area contributed by atoms with Crippen molar-refractivity contribution in [1.29, 1.82) is 0 Å². The highest BCUT2D eigenvalue weighted by Crippen LogP contribution is 2.32. The molecular weight excluding hydrogens is 208 g/mol. The van der Waals surface area contributed by atoms with Gasteiger partial charge in [0, 0.05) is 19.6 Å². The Morgan fingerprint density at radius 3 is 2.29 bits per heavy atom. The molecule has 0 aromatic carbocycles. The van der Waals surface area contributed by atoms with Crippen LogP contribution in [-0.2, 0) is 0 Å². The van der Waals surface area contributed by atoms with E-state index in [2.05, 4.69) is 38.0 Å². The predicted molar refractivity (Wildman–Crippen MR) is 76.4 cm³/mol. The highest BCUT2D eigenvalue weighted by molar-refractivity contribution is 4.84. The zero-order chi connectivity index (χ0) is 12.7. The van der Waals surface area contributed by atoms with Gasteiger partial charge in [0.1, 0.15) is 0 Å². The van der Waals surface area contributed by atoms with Crippen LogP contribution in [0.2, 0.25) is 0 Å². The van der Waals surface area contributed by atoms with Crippen LogP contribution in [0.4, 0.5) is 0 Å². The maximum Gasteiger partial charge on any atom is 0.00470 e. The Morgan fingerprint density at radius 1 is 1.18 bits per heavy atom. The lowest BCUT2D eigenvalue weighted by Gasteiger charge is -2.36. The molecule has 0 unspecified atom stereocenters. The summed E-state index contributed by atoms with van der Waals surface area (Å²) < 4.78 is 0. The molecule has 1 fully saturated rings. The van der Waals surface area contributed by atoms with Crippen LogP contribution in [0.25, 0.3) is 0 Å². The van der Waals surface area contributed by atoms with E-state index in [1.54, 1.807) is 0 Å². The van der Waals surface area contributed by atoms with Gasteiger partial charge in [-0.2, -0.15) is 0 Å². The summed E-state index contributed by atoms with van der Waals surface area (Å²) in [5.41, 5.74) is 0.485. The van der Waals surface area contributed by atoms with E-state index in [9.17, 15) is 0 Å². The topological polar surface area (TPSA) is 15.3 Å². The molecule has 2 heteroatoms. The van der Waals surface area contributed by atoms with Crippen molar-refractivity contribution in [3.05, 3.63) is 0 Å². The van der Waals surface area contributed by atoms with Crippen molar-refractivity contribution in [2.24, 2.45) is 11.3 Å². The summed E-state index contributed by atoms with van der Waals surface area (Å²) in [6, 6.07) is 0. The first-order chi connectivity index (χ1) is 8.15. The third kappa shape index (κ3) is 5.39. The molecule has 0 atom stereocenters. The van der Waals surface area contributed by atoms with Crippen molar-refractivity contribution in [2.45, 2.75) is 52.9 Å². The Morgan fingerprint density at radius 2 is 1.82 bits per heavy atom. The van der Waals surface area contributed by atoms with Crippen LogP contribution < -0.4 is 5.32 Å². The molecule has 0 aromatic heterocycles. The largest absolute Gasteiger partial charge is 0.316 e. The molecule has 2 nitrogen and oxygen atoms in total. The Balaban J connectivity index is 2.37. The van der Waals surface area contributed by atoms with Crippen molar-refractivity contribution in [2.75, 3.05) is 33.2 Å². The minimum Gasteiger partial charge on any atom is -0.316 e. The van der Waals surface area contributed by atoms with Crippen molar-refractivity contribution >= 4 is 0 Å². The molecule has 0 aliphatic heterocycles. The molecule has 0 aromatic rings. The van der Waals surface area contributed by atoms with Gasteiger partial charge >= 0.3 is 0 Å². The fraction of sp³-hybridized carbons (Fsp3) is 1.00. The summed E-state index contributed by atoms with van der Waals surface area (Å²) in [6.07, 6.45) is 6.74. The minimum absolute atomic E-state index is 0.485. The van der Waals surface area contributed by atoms with Crippen LogP contribution >= 0.6 is 0 Å². The van der Waals surface area contributed by atoms with E-state index in [4.69, 9.17) is 0 Å². The maximum absolute atomic E-state index is 3.63. The maximum atomic E-state index is 3.63. The molecule has 0 amide bonds. The Kier molecular flexibility index (Phi) is 6.50. The second-order valence-electron chi connectivity index (χ2n) is 6.02. The Hall–Kier alpha value is -0.0800. The zero-order valence-corrected chi connectivity index (χ0v) is 12.4. The van der Waals surface area contributed by atoms with Gasteiger partial charge in [-0.25, -0.2) is 0 Å². The predicted octanol–water partition coefficient (Wildman–Crippen LogP) is 3.13. The summed E-state index contributed by atoms with van der Waals surface area (Å²) in [7, 11) is 2.30. The van der Waals surface area contributed by atoms with Gasteiger partial charge in [0.15, 0.2) is 0 Å². The van der Waals surface area contributed by atoms with E-state index in [0.717, 1.165) is 12.5 Å². The number of nitrogens with one attached hydrogen (secondary N) is 1. The van der Waals surface area contributed by atoms with Gasteiger partial charge in [0.25, 0.3) is 0 Å². The number of rotatable bonds is 10. The Bertz CT molecular complexity index is 195. The average molecular weight is 240 g/mol. The van der Waals surface area contributed by atoms with Gasteiger partial charge in [-0.3, -0.25) is 0 Å². The van der Waals surface area contributed by atoms with E-state index < -0.39 is 0 Å². The summed E-state index contributed by atoms with van der Waals surface area (Å²) in [6.45, 7) is 11.9. The monoisotopic (exact) mass is 240 g/mol. The lowest BCUT2D eigenvalue weighted by Crippen LogP contribution is -2.43. The van der Waals surface area contributed by atoms with E-state index in [-0.39, 0.29) is 0 Å². The van der Waals surface area contributed by atoms with Gasteiger partial charge in [0.05, 0.1) is 0 Å². The van der Waals surface area contributed by atoms with E-state index >= 15 is 0 Å². The molecular formula is C15H32N2. The zero-order valence-electron chi connectivity index (χ0n) is 12.4. The van der Waals surface area contributed by atoms with Crippen molar-refractivity contribution in [3.8, 4) is 0 Å². The van der Waals surface area contributed by atoms with Gasteiger partial charge in [-0.1, -0.05) is 20.8 Å². The number of nitrogens with zero attached hydrogens (tertiary/aromatic N) is 1. The molecule has 0 radical (unpaired) electrons. The van der Waals surface area contributed by atoms with Crippen LogP contribution in [0.5, 0.6) is 0 Å². The molecule has 1 N–H and O–H groups in total. The second kappa shape index (κ2) is 7.38. The number of hydrogen-bond acceptors (Lipinski definition) is 2. The lowest BCUT2D eigenvalue weighted by molar-refractivity contribution is 0.152. The Labute approximate surface area is 108 Å². The van der Waals surface area contributed by atoms with Gasteiger partial charge in [-0.15, -0.1) is 0 Å². The standard InChI is InChI=1S/C15H32N2/c1-5-10-16-12-15(6-2,7-3)13-17(4)11-14-8-9-14/h14,16H,5-13H2,1-4H3. The first-order valence-corrected chi connectivity index (χ1v) is 7.55. The van der Waals surface area contributed by atoms with Crippen molar-refractivity contribution in [1.82, 2.24) is 10.2 Å². The summed E-state index contributed by atoms with van der Waals surface area (Å²) in [5, 5.41) is 3.63. The second-order valence-corrected chi connectivity index (χ2v) is 6.02. The van der Waals surface area contributed by atoms with Crippen LogP contribution in [0.3, 0.4) is 0 Å². The van der Waals surface area contributed by atoms with Crippen LogP contribution in [-0.4, -0.2) is 38.1 Å². The molecule has 17 heavy (non-hydrogen) atoms. The molecule has 0 bridgehead atoms. The molecule has 1 saturated carbocycles. The highest BCUT2D eigenvalue weighted by atomic mass is 15.1. The SMILES string of the molecule is CCCNCC(CC)(CC)CN(C)CC1CC1. The number of hydrogen-bond donors (Lipinski definition) is 1. The third-order valence-corrected chi connectivity index (χ3v) is 4.30. The quantitative estimate of drug-likeness (QED) is 0.590. The van der Waals surface area contributed by atoms with Crippen LogP contribution in [0.15, 0.2) is 0 Å². The van der Waals surface area contributed by atoms with Gasteiger partial charge in [-0.05, 0) is 57.0 Å². The normalized spacial score (nSPS) is 16.8. The van der Waals surface area contributed by atoms with Gasteiger partial charge in [0.2, 0.25) is 0 Å². The molecule has 1 aliphatic rings. The molecule has 102 valence electrons. The summed E-state index contributed by atoms with van der Waals surface area (Å²) in [5.74, 6) is 1.01. The molecule has 0 heterocycles. The average Bonchev–Trinajstić information content (AvgIpc) is 3.12. The van der Waals surface area contributed by atoms with Crippen molar-refractivity contribution < 1.29 is 0 Å². The fourth-order valence-corrected chi connectivity index (χ4v) is 2.69. The molecule has 1 rings (SSSR count). The van der Waals surface area contributed by atoms with Gasteiger partial charge < -0.3 is 10.2 Å². The molecule has 0 saturated heterocycles. The van der Waals surface area contributed by atoms with Crippen LogP contribution in [0, 0.1) is 11.3 Å². The van der Waals surface area contributed by atoms with Crippen molar-refractivity contribution in [3.63, 3.8) is 0 Å². The summed E-state index contributed by atoms with van der Waals surface area (Å²) in [4.78, 5) is 2.57. The first-order valence-electron chi connectivity index (χ1n) is 7.55. The lowest BCUT2D eigenvalue weighted by atomic mass is 9.81.